The van der Waals surface area contributed by atoms with Gasteiger partial charge >= 0.3 is 0 Å². The average Bonchev–Trinajstić information content (AvgIpc) is 3.75. The fourth-order valence-corrected chi connectivity index (χ4v) is 11.0. The number of benzene rings is 3. The fraction of sp³-hybridized carbons (Fsp3) is 0.417. The number of aliphatic hydroxyl groups excluding tert-OH is 1. The van der Waals surface area contributed by atoms with E-state index in [1.165, 1.54) is 36.2 Å². The number of rotatable bonds is 8. The molecule has 3 amide bonds. The number of anilines is 3. The Kier molecular flexibility index (Phi) is 8.51. The van der Waals surface area contributed by atoms with Gasteiger partial charge in [-0.05, 0) is 61.8 Å². The number of nitro benzene ring substituents is 1. The highest BCUT2D eigenvalue weighted by Crippen LogP contribution is 2.61. The highest BCUT2D eigenvalue weighted by atomic mass is 28.4. The highest BCUT2D eigenvalue weighted by molar-refractivity contribution is 6.72. The van der Waals surface area contributed by atoms with Crippen molar-refractivity contribution in [2.75, 3.05) is 29.6 Å². The van der Waals surface area contributed by atoms with Crippen LogP contribution in [0.4, 0.5) is 26.9 Å². The van der Waals surface area contributed by atoms with Crippen molar-refractivity contribution in [3.05, 3.63) is 88.0 Å². The molecule has 5 atom stereocenters. The normalized spacial score (nSPS) is 26.0. The zero-order valence-corrected chi connectivity index (χ0v) is 29.1. The molecule has 7 rings (SSSR count). The fourth-order valence-electron chi connectivity index (χ4n) is 8.51. The van der Waals surface area contributed by atoms with E-state index in [0.29, 0.717) is 41.3 Å². The monoisotopic (exact) mass is 702 g/mol. The number of carbonyl (C=O) groups excluding carboxylic acids is 3. The van der Waals surface area contributed by atoms with E-state index in [-0.39, 0.29) is 55.3 Å². The molecular weight excluding hydrogens is 664 g/mol. The molecular formula is C36H39FN4O8Si. The van der Waals surface area contributed by atoms with E-state index in [4.69, 9.17) is 9.47 Å². The summed E-state index contributed by atoms with van der Waals surface area (Å²) >= 11 is 0. The summed E-state index contributed by atoms with van der Waals surface area (Å²) in [6.45, 7) is 5.00. The zero-order chi connectivity index (χ0) is 35.5. The second-order valence-corrected chi connectivity index (χ2v) is 17.8. The number of aliphatic hydroxyl groups is 1. The Morgan fingerprint density at radius 1 is 1.10 bits per heavy atom. The Morgan fingerprint density at radius 3 is 2.62 bits per heavy atom. The van der Waals surface area contributed by atoms with Gasteiger partial charge in [-0.15, -0.1) is 0 Å². The molecule has 0 bridgehead atoms. The SMILES string of the molecule is C[C@H]1[C@H]([Si](C)(C)F)[C@@H](CC(=O)N2CCC[C@H]2CO)O[C@]12C(=O)N(Cc1cccc(N3C(=O)COc4ccccc43)c1)c1ccc([N+](=O)[O-])cc12. The number of para-hydroxylation sites is 2. The summed E-state index contributed by atoms with van der Waals surface area (Å²) in [5, 5.41) is 21.8. The van der Waals surface area contributed by atoms with Gasteiger partial charge in [0.25, 0.3) is 17.5 Å². The first-order chi connectivity index (χ1) is 23.8. The van der Waals surface area contributed by atoms with Crippen molar-refractivity contribution in [2.24, 2.45) is 5.92 Å². The minimum Gasteiger partial charge on any atom is -0.482 e. The summed E-state index contributed by atoms with van der Waals surface area (Å²) < 4.78 is 28.6. The second kappa shape index (κ2) is 12.6. The molecule has 4 heterocycles. The van der Waals surface area contributed by atoms with Crippen LogP contribution in [0, 0.1) is 16.0 Å². The number of halogens is 1. The Balaban J connectivity index is 1.26. The Bertz CT molecular complexity index is 1890. The molecule has 262 valence electrons. The third kappa shape index (κ3) is 5.45. The first kappa shape index (κ1) is 33.8. The van der Waals surface area contributed by atoms with Crippen LogP contribution in [0.2, 0.25) is 18.6 Å². The van der Waals surface area contributed by atoms with E-state index in [1.54, 1.807) is 47.1 Å². The van der Waals surface area contributed by atoms with Gasteiger partial charge in [-0.1, -0.05) is 31.2 Å². The lowest BCUT2D eigenvalue weighted by atomic mass is 9.82. The van der Waals surface area contributed by atoms with Gasteiger partial charge < -0.3 is 28.5 Å². The molecule has 12 nitrogen and oxygen atoms in total. The van der Waals surface area contributed by atoms with Gasteiger partial charge in [-0.25, -0.2) is 0 Å². The summed E-state index contributed by atoms with van der Waals surface area (Å²) in [5.41, 5.74) is -0.292. The lowest BCUT2D eigenvalue weighted by Gasteiger charge is -2.31. The third-order valence-electron chi connectivity index (χ3n) is 10.7. The summed E-state index contributed by atoms with van der Waals surface area (Å²) in [4.78, 5) is 57.6. The van der Waals surface area contributed by atoms with Crippen LogP contribution in [-0.4, -0.2) is 73.0 Å². The van der Waals surface area contributed by atoms with Crippen molar-refractivity contribution < 1.29 is 38.0 Å². The van der Waals surface area contributed by atoms with Crippen molar-refractivity contribution in [1.29, 1.82) is 0 Å². The van der Waals surface area contributed by atoms with Gasteiger partial charge in [0.15, 0.2) is 12.2 Å². The van der Waals surface area contributed by atoms with Gasteiger partial charge in [-0.3, -0.25) is 29.4 Å². The van der Waals surface area contributed by atoms with E-state index in [9.17, 15) is 29.6 Å². The number of amides is 3. The molecule has 50 heavy (non-hydrogen) atoms. The third-order valence-corrected chi connectivity index (χ3v) is 13.1. The van der Waals surface area contributed by atoms with E-state index >= 15 is 4.11 Å². The number of nitro groups is 1. The number of ether oxygens (including phenoxy) is 2. The van der Waals surface area contributed by atoms with Crippen molar-refractivity contribution in [1.82, 2.24) is 4.90 Å². The van der Waals surface area contributed by atoms with Crippen molar-refractivity contribution in [3.8, 4) is 5.75 Å². The topological polar surface area (TPSA) is 143 Å². The number of likely N-dealkylation sites (tertiary alicyclic amines) is 1. The largest absolute Gasteiger partial charge is 0.482 e. The predicted molar refractivity (Wildman–Crippen MR) is 184 cm³/mol. The molecule has 4 aliphatic heterocycles. The number of hydrogen-bond acceptors (Lipinski definition) is 8. The van der Waals surface area contributed by atoms with Gasteiger partial charge in [-0.2, -0.15) is 0 Å². The molecule has 3 aromatic rings. The smallest absolute Gasteiger partial charge is 0.269 e. The van der Waals surface area contributed by atoms with Crippen molar-refractivity contribution in [3.63, 3.8) is 0 Å². The van der Waals surface area contributed by atoms with Crippen LogP contribution >= 0.6 is 0 Å². The Morgan fingerprint density at radius 2 is 1.88 bits per heavy atom. The summed E-state index contributed by atoms with van der Waals surface area (Å²) in [5.74, 6) is -1.23. The van der Waals surface area contributed by atoms with Gasteiger partial charge in [0, 0.05) is 41.4 Å². The lowest BCUT2D eigenvalue weighted by Crippen LogP contribution is -2.45. The molecule has 3 aromatic carbocycles. The molecule has 0 aliphatic carbocycles. The van der Waals surface area contributed by atoms with E-state index in [0.717, 1.165) is 6.42 Å². The molecule has 0 unspecified atom stereocenters. The first-order valence-electron chi connectivity index (χ1n) is 16.9. The van der Waals surface area contributed by atoms with Crippen molar-refractivity contribution >= 4 is 48.9 Å². The minimum atomic E-state index is -3.62. The maximum atomic E-state index is 16.3. The number of hydrogen-bond donors (Lipinski definition) is 1. The maximum Gasteiger partial charge on any atom is 0.269 e. The second-order valence-electron chi connectivity index (χ2n) is 14.0. The lowest BCUT2D eigenvalue weighted by molar-refractivity contribution is -0.385. The molecule has 14 heteroatoms. The molecule has 0 saturated carbocycles. The number of non-ortho nitro benzene ring substituents is 1. The average molecular weight is 703 g/mol. The van der Waals surface area contributed by atoms with Crippen LogP contribution in [0.3, 0.4) is 0 Å². The molecule has 0 radical (unpaired) electrons. The summed E-state index contributed by atoms with van der Waals surface area (Å²) in [6, 6.07) is 18.2. The molecule has 1 spiro atoms. The number of nitrogens with zero attached hydrogens (tertiary/aromatic N) is 4. The molecule has 1 N–H and O–H groups in total. The van der Waals surface area contributed by atoms with E-state index < -0.39 is 42.4 Å². The van der Waals surface area contributed by atoms with E-state index in [2.05, 4.69) is 0 Å². The van der Waals surface area contributed by atoms with Crippen LogP contribution in [0.25, 0.3) is 0 Å². The van der Waals surface area contributed by atoms with Crippen molar-refractivity contribution in [2.45, 2.75) is 69.1 Å². The highest BCUT2D eigenvalue weighted by Gasteiger charge is 2.67. The van der Waals surface area contributed by atoms with Crippen LogP contribution in [-0.2, 0) is 31.3 Å². The summed E-state index contributed by atoms with van der Waals surface area (Å²) in [6.07, 6.45) is 0.269. The standard InChI is InChI=1S/C36H39FN4O8Si/c1-22-34(50(2,3)37)31(18-32(43)38-15-7-10-26(38)20-42)49-36(22)27-17-25(41(46)47)13-14-28(27)39(35(36)45)19-23-8-6-9-24(16-23)40-29-11-4-5-12-30(29)48-21-33(40)44/h4-6,8-9,11-14,16-17,22,26,31,34,42H,7,10,15,18-21H2,1-3H3/t22-,26-,31+,34-,36+/m0/s1. The minimum absolute atomic E-state index is 0.0339. The quantitative estimate of drug-likeness (QED) is 0.143. The molecule has 2 fully saturated rings. The van der Waals surface area contributed by atoms with E-state index in [1.807, 2.05) is 18.2 Å². The number of carbonyl (C=O) groups is 3. The van der Waals surface area contributed by atoms with Crippen LogP contribution < -0.4 is 14.5 Å². The zero-order valence-electron chi connectivity index (χ0n) is 28.1. The summed E-state index contributed by atoms with van der Waals surface area (Å²) in [7, 11) is -3.62. The van der Waals surface area contributed by atoms with Crippen LogP contribution in [0.5, 0.6) is 5.75 Å². The number of fused-ring (bicyclic) bond motifs is 3. The van der Waals surface area contributed by atoms with Gasteiger partial charge in [0.2, 0.25) is 14.3 Å². The van der Waals surface area contributed by atoms with Gasteiger partial charge in [0.1, 0.15) is 5.75 Å². The predicted octanol–water partition coefficient (Wildman–Crippen LogP) is 5.35. The molecule has 0 aromatic heterocycles. The van der Waals surface area contributed by atoms with Crippen LogP contribution in [0.1, 0.15) is 37.3 Å². The first-order valence-corrected chi connectivity index (χ1v) is 19.8. The molecule has 2 saturated heterocycles. The Hall–Kier alpha value is -4.66. The maximum absolute atomic E-state index is 16.3. The Labute approximate surface area is 289 Å². The van der Waals surface area contributed by atoms with Gasteiger partial charge in [0.05, 0.1) is 48.0 Å². The van der Waals surface area contributed by atoms with Crippen LogP contribution in [0.15, 0.2) is 66.7 Å². The molecule has 4 aliphatic rings.